The molecule has 7 heteroatoms. The summed E-state index contributed by atoms with van der Waals surface area (Å²) in [5.74, 6) is 0.0936. The van der Waals surface area contributed by atoms with Gasteiger partial charge >= 0.3 is 0 Å². The number of carbonyl (C=O) groups excluding carboxylic acids is 3. The van der Waals surface area contributed by atoms with E-state index in [2.05, 4.69) is 0 Å². The lowest BCUT2D eigenvalue weighted by Gasteiger charge is -2.58. The second-order valence-corrected chi connectivity index (χ2v) is 9.54. The van der Waals surface area contributed by atoms with E-state index < -0.39 is 0 Å². The zero-order chi connectivity index (χ0) is 23.3. The van der Waals surface area contributed by atoms with Crippen molar-refractivity contribution in [3.05, 3.63) is 59.7 Å². The third-order valence-corrected chi connectivity index (χ3v) is 7.16. The molecule has 1 N–H and O–H groups in total. The molecule has 5 rings (SSSR count). The van der Waals surface area contributed by atoms with E-state index in [1.54, 1.807) is 28.8 Å². The molecule has 2 aromatic carbocycles. The van der Waals surface area contributed by atoms with Gasteiger partial charge in [-0.3, -0.25) is 14.4 Å². The van der Waals surface area contributed by atoms with Crippen molar-refractivity contribution >= 4 is 17.7 Å². The normalized spacial score (nSPS) is 24.2. The van der Waals surface area contributed by atoms with Gasteiger partial charge in [-0.25, -0.2) is 0 Å². The number of aliphatic hydroxyl groups excluding tert-OH is 1. The first-order chi connectivity index (χ1) is 15.9. The van der Waals surface area contributed by atoms with Crippen molar-refractivity contribution < 1.29 is 19.5 Å². The number of aliphatic hydroxyl groups is 1. The molecule has 7 nitrogen and oxygen atoms in total. The molecular weight excluding hydrogens is 418 g/mol. The van der Waals surface area contributed by atoms with Gasteiger partial charge in [0.1, 0.15) is 0 Å². The van der Waals surface area contributed by atoms with Gasteiger partial charge < -0.3 is 19.8 Å². The summed E-state index contributed by atoms with van der Waals surface area (Å²) in [6.07, 6.45) is 1.85. The Morgan fingerprint density at radius 1 is 1.00 bits per heavy atom. The Balaban J connectivity index is 1.34. The van der Waals surface area contributed by atoms with E-state index in [0.29, 0.717) is 12.1 Å². The fourth-order valence-electron chi connectivity index (χ4n) is 5.22. The molecule has 3 aliphatic rings. The smallest absolute Gasteiger partial charge is 0.253 e. The topological polar surface area (TPSA) is 81.2 Å². The van der Waals surface area contributed by atoms with Crippen LogP contribution in [0.5, 0.6) is 0 Å². The summed E-state index contributed by atoms with van der Waals surface area (Å²) in [7, 11) is 3.47. The fraction of sp³-hybridized carbons (Fsp3) is 0.423. The molecule has 3 amide bonds. The second kappa shape index (κ2) is 8.30. The first-order valence-electron chi connectivity index (χ1n) is 11.5. The summed E-state index contributed by atoms with van der Waals surface area (Å²) in [5.41, 5.74) is 3.75. The van der Waals surface area contributed by atoms with Gasteiger partial charge in [-0.2, -0.15) is 0 Å². The van der Waals surface area contributed by atoms with Gasteiger partial charge in [0.25, 0.3) is 5.91 Å². The minimum atomic E-state index is -0.247. The number of fused-ring (bicyclic) bond motifs is 1. The molecule has 1 saturated carbocycles. The van der Waals surface area contributed by atoms with Crippen LogP contribution in [-0.4, -0.2) is 83.4 Å². The number of hydrogen-bond acceptors (Lipinski definition) is 4. The third-order valence-electron chi connectivity index (χ3n) is 7.16. The second-order valence-electron chi connectivity index (χ2n) is 9.54. The van der Waals surface area contributed by atoms with Crippen molar-refractivity contribution in [2.45, 2.75) is 30.8 Å². The Hall–Kier alpha value is -3.19. The lowest BCUT2D eigenvalue weighted by Crippen LogP contribution is -2.73. The zero-order valence-corrected chi connectivity index (χ0v) is 19.0. The van der Waals surface area contributed by atoms with Crippen LogP contribution in [0.3, 0.4) is 0 Å². The largest absolute Gasteiger partial charge is 0.394 e. The van der Waals surface area contributed by atoms with Gasteiger partial charge in [-0.1, -0.05) is 36.4 Å². The maximum Gasteiger partial charge on any atom is 0.253 e. The van der Waals surface area contributed by atoms with Gasteiger partial charge in [-0.15, -0.1) is 0 Å². The highest BCUT2D eigenvalue weighted by atomic mass is 16.3. The van der Waals surface area contributed by atoms with Gasteiger partial charge in [0, 0.05) is 38.0 Å². The summed E-state index contributed by atoms with van der Waals surface area (Å²) in [6, 6.07) is 15.4. The highest BCUT2D eigenvalue weighted by Crippen LogP contribution is 2.44. The van der Waals surface area contributed by atoms with E-state index in [9.17, 15) is 19.5 Å². The molecule has 0 spiro atoms. The van der Waals surface area contributed by atoms with E-state index >= 15 is 0 Å². The molecule has 2 aliphatic heterocycles. The van der Waals surface area contributed by atoms with E-state index in [-0.39, 0.29) is 54.8 Å². The summed E-state index contributed by atoms with van der Waals surface area (Å²) in [5, 5.41) is 9.98. The summed E-state index contributed by atoms with van der Waals surface area (Å²) in [6.45, 7) is 0.568. The van der Waals surface area contributed by atoms with Crippen LogP contribution in [0.2, 0.25) is 0 Å². The van der Waals surface area contributed by atoms with E-state index in [4.69, 9.17) is 0 Å². The van der Waals surface area contributed by atoms with E-state index in [0.717, 1.165) is 29.5 Å². The summed E-state index contributed by atoms with van der Waals surface area (Å²) >= 11 is 0. The standard InChI is InChI=1S/C26H29N3O4/c1-27(2)25(32)19-9-5-17(6-10-19)16-3-7-18(8-4-16)24-21-13-28(26(33)20-11-12-20)14-23(31)29(21)22(24)15-30/h3-10,20-22,24,30H,11-15H2,1-2H3/t21-,22-,24+/m1/s1. The number of carbonyl (C=O) groups is 3. The zero-order valence-electron chi connectivity index (χ0n) is 19.0. The molecule has 33 heavy (non-hydrogen) atoms. The minimum absolute atomic E-state index is 0.00268. The van der Waals surface area contributed by atoms with Crippen LogP contribution >= 0.6 is 0 Å². The minimum Gasteiger partial charge on any atom is -0.394 e. The average molecular weight is 448 g/mol. The van der Waals surface area contributed by atoms with Crippen molar-refractivity contribution in [3.63, 3.8) is 0 Å². The lowest BCUT2D eigenvalue weighted by molar-refractivity contribution is -0.167. The molecular formula is C26H29N3O4. The van der Waals surface area contributed by atoms with Gasteiger partial charge in [-0.05, 0) is 41.7 Å². The predicted molar refractivity (Wildman–Crippen MR) is 123 cm³/mol. The number of rotatable bonds is 5. The van der Waals surface area contributed by atoms with Crippen LogP contribution in [0, 0.1) is 5.92 Å². The molecule has 2 saturated heterocycles. The average Bonchev–Trinajstić information content (AvgIpc) is 3.65. The molecule has 2 aromatic rings. The third kappa shape index (κ3) is 3.80. The number of amides is 3. The van der Waals surface area contributed by atoms with Crippen LogP contribution in [0.25, 0.3) is 11.1 Å². The van der Waals surface area contributed by atoms with Crippen molar-refractivity contribution in [1.82, 2.24) is 14.7 Å². The Kier molecular flexibility index (Phi) is 5.44. The van der Waals surface area contributed by atoms with Gasteiger partial charge in [0.05, 0.1) is 25.2 Å². The summed E-state index contributed by atoms with van der Waals surface area (Å²) in [4.78, 5) is 42.4. The predicted octanol–water partition coefficient (Wildman–Crippen LogP) is 1.96. The quantitative estimate of drug-likeness (QED) is 0.760. The van der Waals surface area contributed by atoms with Crippen LogP contribution in [0.15, 0.2) is 48.5 Å². The molecule has 0 aromatic heterocycles. The molecule has 1 aliphatic carbocycles. The van der Waals surface area contributed by atoms with Crippen molar-refractivity contribution in [1.29, 1.82) is 0 Å². The SMILES string of the molecule is CN(C)C(=O)c1ccc(-c2ccc([C@@H]3[C@@H](CO)N4C(=O)CN(C(=O)C5CC5)C[C@H]34)cc2)cc1. The van der Waals surface area contributed by atoms with Crippen molar-refractivity contribution in [2.75, 3.05) is 33.8 Å². The number of piperazine rings is 1. The molecule has 0 radical (unpaired) electrons. The van der Waals surface area contributed by atoms with Gasteiger partial charge in [0.15, 0.2) is 0 Å². The summed E-state index contributed by atoms with van der Waals surface area (Å²) < 4.78 is 0. The lowest BCUT2D eigenvalue weighted by atomic mass is 9.73. The Morgan fingerprint density at radius 2 is 1.61 bits per heavy atom. The van der Waals surface area contributed by atoms with Crippen molar-refractivity contribution in [2.24, 2.45) is 5.92 Å². The fourth-order valence-corrected chi connectivity index (χ4v) is 5.22. The molecule has 0 unspecified atom stereocenters. The van der Waals surface area contributed by atoms with Crippen LogP contribution in [-0.2, 0) is 9.59 Å². The highest BCUT2D eigenvalue weighted by Gasteiger charge is 2.55. The van der Waals surface area contributed by atoms with E-state index in [1.807, 2.05) is 48.5 Å². The molecule has 3 atom stereocenters. The molecule has 3 fully saturated rings. The van der Waals surface area contributed by atoms with Crippen LogP contribution in [0.1, 0.15) is 34.7 Å². The first-order valence-corrected chi connectivity index (χ1v) is 11.5. The van der Waals surface area contributed by atoms with E-state index in [1.165, 1.54) is 0 Å². The highest BCUT2D eigenvalue weighted by molar-refractivity contribution is 5.94. The molecule has 172 valence electrons. The Bertz CT molecular complexity index is 1080. The Labute approximate surface area is 193 Å². The van der Waals surface area contributed by atoms with Crippen molar-refractivity contribution in [3.8, 4) is 11.1 Å². The van der Waals surface area contributed by atoms with Crippen LogP contribution in [0.4, 0.5) is 0 Å². The maximum atomic E-state index is 12.7. The first kappa shape index (κ1) is 21.6. The maximum absolute atomic E-state index is 12.7. The molecule has 0 bridgehead atoms. The monoisotopic (exact) mass is 447 g/mol. The number of benzene rings is 2. The Morgan fingerprint density at radius 3 is 2.15 bits per heavy atom. The number of nitrogens with zero attached hydrogens (tertiary/aromatic N) is 3. The van der Waals surface area contributed by atoms with Gasteiger partial charge in [0.2, 0.25) is 11.8 Å². The number of hydrogen-bond donors (Lipinski definition) is 1. The van der Waals surface area contributed by atoms with Crippen LogP contribution < -0.4 is 0 Å². The molecule has 2 heterocycles.